The minimum absolute atomic E-state index is 0.0591. The molecule has 1 amide bonds. The van der Waals surface area contributed by atoms with Crippen LogP contribution in [-0.4, -0.2) is 33.8 Å². The third kappa shape index (κ3) is 4.47. The van der Waals surface area contributed by atoms with Gasteiger partial charge in [-0.3, -0.25) is 9.59 Å². The number of carbonyl (C=O) groups is 2. The fourth-order valence-corrected chi connectivity index (χ4v) is 4.41. The van der Waals surface area contributed by atoms with Gasteiger partial charge in [0, 0.05) is 22.0 Å². The number of nitrogens with zero attached hydrogens (tertiary/aromatic N) is 3. The van der Waals surface area contributed by atoms with Crippen molar-refractivity contribution in [3.8, 4) is 16.3 Å². The number of ether oxygens (including phenoxy) is 1. The van der Waals surface area contributed by atoms with Crippen molar-refractivity contribution in [3.05, 3.63) is 76.2 Å². The molecule has 0 aliphatic heterocycles. The summed E-state index contributed by atoms with van der Waals surface area (Å²) < 4.78 is 6.52. The van der Waals surface area contributed by atoms with Crippen molar-refractivity contribution in [1.82, 2.24) is 20.1 Å². The van der Waals surface area contributed by atoms with E-state index in [1.54, 1.807) is 16.3 Å². The maximum absolute atomic E-state index is 12.8. The number of amides is 1. The standard InChI is InChI=1S/C21H18N4O3S2/c1-28-19(26)10-16(18-8-5-9-29-18)23-20(27)17-13-30-21(24-17)14-11-22-25(12-14)15-6-3-2-4-7-15/h2-9,11-13,16H,10H2,1H3,(H,23,27). The predicted molar refractivity (Wildman–Crippen MR) is 116 cm³/mol. The highest BCUT2D eigenvalue weighted by atomic mass is 32.1. The number of thiophene rings is 1. The Morgan fingerprint density at radius 3 is 2.73 bits per heavy atom. The van der Waals surface area contributed by atoms with Crippen LogP contribution < -0.4 is 5.32 Å². The summed E-state index contributed by atoms with van der Waals surface area (Å²) in [6.45, 7) is 0. The Bertz CT molecular complexity index is 1140. The van der Waals surface area contributed by atoms with Crippen molar-refractivity contribution in [2.75, 3.05) is 7.11 Å². The average molecular weight is 439 g/mol. The number of rotatable bonds is 7. The van der Waals surface area contributed by atoms with Crippen LogP contribution in [0.15, 0.2) is 65.6 Å². The number of para-hydroxylation sites is 1. The fraction of sp³-hybridized carbons (Fsp3) is 0.143. The molecule has 7 nitrogen and oxygen atoms in total. The summed E-state index contributed by atoms with van der Waals surface area (Å²) in [6.07, 6.45) is 3.66. The first-order valence-electron chi connectivity index (χ1n) is 9.11. The molecular weight excluding hydrogens is 420 g/mol. The number of hydrogen-bond donors (Lipinski definition) is 1. The molecule has 1 aromatic carbocycles. The van der Waals surface area contributed by atoms with Crippen LogP contribution >= 0.6 is 22.7 Å². The second kappa shape index (κ2) is 9.02. The molecule has 1 atom stereocenters. The summed E-state index contributed by atoms with van der Waals surface area (Å²) >= 11 is 2.84. The Morgan fingerprint density at radius 1 is 1.17 bits per heavy atom. The van der Waals surface area contributed by atoms with Crippen LogP contribution in [0.1, 0.15) is 27.8 Å². The van der Waals surface area contributed by atoms with Crippen molar-refractivity contribution in [2.24, 2.45) is 0 Å². The average Bonchev–Trinajstić information content (AvgIpc) is 3.54. The molecule has 3 aromatic heterocycles. The van der Waals surface area contributed by atoms with E-state index in [4.69, 9.17) is 4.74 Å². The highest BCUT2D eigenvalue weighted by Gasteiger charge is 2.22. The van der Waals surface area contributed by atoms with E-state index in [-0.39, 0.29) is 18.3 Å². The van der Waals surface area contributed by atoms with Gasteiger partial charge in [-0.05, 0) is 23.6 Å². The van der Waals surface area contributed by atoms with Crippen molar-refractivity contribution in [2.45, 2.75) is 12.5 Å². The van der Waals surface area contributed by atoms with Crippen LogP contribution in [0.2, 0.25) is 0 Å². The quantitative estimate of drug-likeness (QED) is 0.439. The molecular formula is C21H18N4O3S2. The van der Waals surface area contributed by atoms with E-state index >= 15 is 0 Å². The van der Waals surface area contributed by atoms with Gasteiger partial charge in [-0.25, -0.2) is 9.67 Å². The zero-order chi connectivity index (χ0) is 20.9. The Kier molecular flexibility index (Phi) is 6.01. The van der Waals surface area contributed by atoms with Crippen LogP contribution in [-0.2, 0) is 9.53 Å². The van der Waals surface area contributed by atoms with E-state index in [2.05, 4.69) is 15.4 Å². The maximum atomic E-state index is 12.8. The van der Waals surface area contributed by atoms with Gasteiger partial charge in [0.2, 0.25) is 0 Å². The maximum Gasteiger partial charge on any atom is 0.307 e. The SMILES string of the molecule is COC(=O)CC(NC(=O)c1csc(-c2cnn(-c3ccccc3)c2)n1)c1cccs1. The lowest BCUT2D eigenvalue weighted by Gasteiger charge is -2.15. The number of esters is 1. The lowest BCUT2D eigenvalue weighted by molar-refractivity contribution is -0.141. The molecule has 0 aliphatic carbocycles. The number of carbonyl (C=O) groups excluding carboxylic acids is 2. The monoisotopic (exact) mass is 438 g/mol. The molecule has 3 heterocycles. The van der Waals surface area contributed by atoms with Gasteiger partial charge in [0.15, 0.2) is 0 Å². The van der Waals surface area contributed by atoms with E-state index < -0.39 is 6.04 Å². The Morgan fingerprint density at radius 2 is 2.00 bits per heavy atom. The second-order valence-electron chi connectivity index (χ2n) is 6.37. The third-order valence-corrected chi connectivity index (χ3v) is 6.25. The van der Waals surface area contributed by atoms with E-state index in [1.807, 2.05) is 54.0 Å². The molecule has 0 spiro atoms. The number of benzene rings is 1. The Hall–Kier alpha value is -3.30. The highest BCUT2D eigenvalue weighted by Crippen LogP contribution is 2.26. The van der Waals surface area contributed by atoms with E-state index in [0.29, 0.717) is 10.7 Å². The third-order valence-electron chi connectivity index (χ3n) is 4.38. The summed E-state index contributed by atoms with van der Waals surface area (Å²) in [5.74, 6) is -0.726. The first-order chi connectivity index (χ1) is 14.6. The smallest absolute Gasteiger partial charge is 0.307 e. The van der Waals surface area contributed by atoms with E-state index in [9.17, 15) is 9.59 Å². The van der Waals surface area contributed by atoms with Crippen molar-refractivity contribution >= 4 is 34.6 Å². The van der Waals surface area contributed by atoms with Crippen molar-refractivity contribution in [1.29, 1.82) is 0 Å². The minimum Gasteiger partial charge on any atom is -0.469 e. The van der Waals surface area contributed by atoms with Gasteiger partial charge in [-0.15, -0.1) is 22.7 Å². The molecule has 1 unspecified atom stereocenters. The van der Waals surface area contributed by atoms with Gasteiger partial charge < -0.3 is 10.1 Å². The molecule has 1 N–H and O–H groups in total. The number of aromatic nitrogens is 3. The summed E-state index contributed by atoms with van der Waals surface area (Å²) in [6, 6.07) is 13.1. The first kappa shape index (κ1) is 20.0. The highest BCUT2D eigenvalue weighted by molar-refractivity contribution is 7.13. The Balaban J connectivity index is 1.50. The Labute approximate surface area is 181 Å². The molecule has 4 aromatic rings. The predicted octanol–water partition coefficient (Wildman–Crippen LogP) is 4.09. The minimum atomic E-state index is -0.462. The van der Waals surface area contributed by atoms with Crippen LogP contribution in [0, 0.1) is 0 Å². The molecule has 0 saturated carbocycles. The summed E-state index contributed by atoms with van der Waals surface area (Å²) in [5.41, 5.74) is 2.07. The molecule has 4 rings (SSSR count). The summed E-state index contributed by atoms with van der Waals surface area (Å²) in [7, 11) is 1.33. The zero-order valence-electron chi connectivity index (χ0n) is 16.0. The van der Waals surface area contributed by atoms with Gasteiger partial charge in [-0.1, -0.05) is 24.3 Å². The lowest BCUT2D eigenvalue weighted by Crippen LogP contribution is -2.30. The van der Waals surface area contributed by atoms with Gasteiger partial charge in [-0.2, -0.15) is 5.10 Å². The first-order valence-corrected chi connectivity index (χ1v) is 10.9. The second-order valence-corrected chi connectivity index (χ2v) is 8.21. The van der Waals surface area contributed by atoms with Crippen molar-refractivity contribution in [3.63, 3.8) is 0 Å². The topological polar surface area (TPSA) is 86.1 Å². The lowest BCUT2D eigenvalue weighted by atomic mass is 10.1. The molecule has 0 saturated heterocycles. The number of hydrogen-bond acceptors (Lipinski definition) is 7. The van der Waals surface area contributed by atoms with Crippen LogP contribution in [0.4, 0.5) is 0 Å². The van der Waals surface area contributed by atoms with Crippen molar-refractivity contribution < 1.29 is 14.3 Å². The fourth-order valence-electron chi connectivity index (χ4n) is 2.86. The van der Waals surface area contributed by atoms with Gasteiger partial charge in [0.1, 0.15) is 10.7 Å². The van der Waals surface area contributed by atoms with Crippen LogP contribution in [0.25, 0.3) is 16.3 Å². The molecule has 0 bridgehead atoms. The number of thiazole rings is 1. The van der Waals surface area contributed by atoms with Gasteiger partial charge >= 0.3 is 5.97 Å². The van der Waals surface area contributed by atoms with E-state index in [0.717, 1.165) is 16.1 Å². The van der Waals surface area contributed by atoms with Crippen LogP contribution in [0.3, 0.4) is 0 Å². The molecule has 0 radical (unpaired) electrons. The van der Waals surface area contributed by atoms with Crippen LogP contribution in [0.5, 0.6) is 0 Å². The molecule has 152 valence electrons. The summed E-state index contributed by atoms with van der Waals surface area (Å²) in [4.78, 5) is 29.9. The van der Waals surface area contributed by atoms with Gasteiger partial charge in [0.05, 0.1) is 31.5 Å². The van der Waals surface area contributed by atoms with Gasteiger partial charge in [0.25, 0.3) is 5.91 Å². The molecule has 30 heavy (non-hydrogen) atoms. The summed E-state index contributed by atoms with van der Waals surface area (Å²) in [5, 5.41) is 11.6. The van der Waals surface area contributed by atoms with E-state index in [1.165, 1.54) is 29.8 Å². The largest absolute Gasteiger partial charge is 0.469 e. The molecule has 0 fully saturated rings. The number of nitrogens with one attached hydrogen (secondary N) is 1. The molecule has 9 heteroatoms. The normalized spacial score (nSPS) is 11.8. The zero-order valence-corrected chi connectivity index (χ0v) is 17.7. The molecule has 0 aliphatic rings. The number of methoxy groups -OCH3 is 1.